The Labute approximate surface area is 321 Å². The van der Waals surface area contributed by atoms with Crippen molar-refractivity contribution in [2.45, 2.75) is 171 Å². The minimum absolute atomic E-state index is 0.0352. The van der Waals surface area contributed by atoms with Crippen LogP contribution in [0.25, 0.3) is 0 Å². The number of rotatable bonds is 21. The van der Waals surface area contributed by atoms with E-state index in [1.807, 2.05) is 66.7 Å². The number of aryl methyl sites for hydroxylation is 4. The van der Waals surface area contributed by atoms with Crippen molar-refractivity contribution in [3.63, 3.8) is 0 Å². The number of carbonyl (C=O) groups excluding carboxylic acids is 2. The topological polar surface area (TPSA) is 123 Å². The summed E-state index contributed by atoms with van der Waals surface area (Å²) >= 11 is 0. The van der Waals surface area contributed by atoms with Gasteiger partial charge in [-0.3, -0.25) is 0 Å². The van der Waals surface area contributed by atoms with Crippen LogP contribution in [0, 0.1) is 25.7 Å². The van der Waals surface area contributed by atoms with E-state index in [4.69, 9.17) is 14.0 Å². The molecule has 0 bridgehead atoms. The molecule has 2 unspecified atom stereocenters. The fourth-order valence-electron chi connectivity index (χ4n) is 6.83. The fraction of sp³-hybridized carbons (Fsp3) is 0.682. The Morgan fingerprint density at radius 3 is 1.47 bits per heavy atom. The standard InChI is InChI=1S/C44H73O8P/c1-13-17-19-33(15-3)29-50-39(45)23-21-35-25-31(5)41(37(27-35)43(7,8)9)52-53(47,48,49)42-32(6)26-36(28-38(42)44(10,11)12)22-24-40(46)51-30-34(16-4)20-18-14-2/h25-28,33-34,47-49H,13-24,29-30H2,1-12H3. The summed E-state index contributed by atoms with van der Waals surface area (Å²) in [5, 5.41) is -0.0352. The Morgan fingerprint density at radius 2 is 1.08 bits per heavy atom. The van der Waals surface area contributed by atoms with Crippen LogP contribution in [-0.2, 0) is 42.7 Å². The van der Waals surface area contributed by atoms with Crippen LogP contribution in [-0.4, -0.2) is 39.8 Å². The molecular weight excluding hydrogens is 687 g/mol. The van der Waals surface area contributed by atoms with Gasteiger partial charge in [0.2, 0.25) is 0 Å². The molecule has 0 aromatic heterocycles. The molecule has 0 fully saturated rings. The van der Waals surface area contributed by atoms with Crippen molar-refractivity contribution in [2.75, 3.05) is 13.2 Å². The molecule has 0 heterocycles. The normalized spacial score (nSPS) is 14.3. The van der Waals surface area contributed by atoms with E-state index in [1.54, 1.807) is 13.0 Å². The van der Waals surface area contributed by atoms with Crippen molar-refractivity contribution >= 4 is 24.8 Å². The van der Waals surface area contributed by atoms with Crippen molar-refractivity contribution in [2.24, 2.45) is 11.8 Å². The molecular formula is C44H73O8P. The van der Waals surface area contributed by atoms with E-state index in [9.17, 15) is 24.3 Å². The molecule has 0 amide bonds. The van der Waals surface area contributed by atoms with Crippen LogP contribution in [0.1, 0.15) is 167 Å². The summed E-state index contributed by atoms with van der Waals surface area (Å²) in [6, 6.07) is 7.41. The van der Waals surface area contributed by atoms with E-state index in [0.717, 1.165) is 62.5 Å². The van der Waals surface area contributed by atoms with Crippen molar-refractivity contribution in [3.05, 3.63) is 57.6 Å². The molecule has 0 saturated heterocycles. The van der Waals surface area contributed by atoms with Crippen LogP contribution in [0.15, 0.2) is 24.3 Å². The Bertz CT molecular complexity index is 1490. The van der Waals surface area contributed by atoms with Gasteiger partial charge in [0.15, 0.2) is 0 Å². The van der Waals surface area contributed by atoms with Crippen LogP contribution in [0.5, 0.6) is 5.75 Å². The molecule has 9 heteroatoms. The number of esters is 2. The van der Waals surface area contributed by atoms with Gasteiger partial charge in [0.1, 0.15) is 0 Å². The van der Waals surface area contributed by atoms with Gasteiger partial charge in [0, 0.05) is 0 Å². The number of unbranched alkanes of at least 4 members (excludes halogenated alkanes) is 2. The first-order chi connectivity index (χ1) is 24.5. The van der Waals surface area contributed by atoms with Gasteiger partial charge in [-0.2, -0.15) is 0 Å². The van der Waals surface area contributed by atoms with E-state index in [2.05, 4.69) is 27.7 Å². The van der Waals surface area contributed by atoms with E-state index < -0.39 is 18.3 Å². The third-order valence-electron chi connectivity index (χ3n) is 10.2. The number of benzene rings is 2. The van der Waals surface area contributed by atoms with Gasteiger partial charge in [-0.15, -0.1) is 0 Å². The van der Waals surface area contributed by atoms with E-state index in [1.165, 1.54) is 0 Å². The van der Waals surface area contributed by atoms with Crippen LogP contribution >= 0.6 is 7.51 Å². The molecule has 53 heavy (non-hydrogen) atoms. The third kappa shape index (κ3) is 14.6. The van der Waals surface area contributed by atoms with E-state index in [0.29, 0.717) is 60.1 Å². The predicted octanol–water partition coefficient (Wildman–Crippen LogP) is 10.2. The summed E-state index contributed by atoms with van der Waals surface area (Å²) in [6.07, 6.45) is 9.80. The average Bonchev–Trinajstić information content (AvgIpc) is 3.05. The second-order valence-corrected chi connectivity index (χ2v) is 19.7. The first-order valence-corrected chi connectivity index (χ1v) is 22.1. The summed E-state index contributed by atoms with van der Waals surface area (Å²) in [4.78, 5) is 61.3. The van der Waals surface area contributed by atoms with Crippen LogP contribution in [0.4, 0.5) is 0 Å². The molecule has 0 saturated carbocycles. The molecule has 0 radical (unpaired) electrons. The Kier molecular flexibility index (Phi) is 17.5. The third-order valence-corrected chi connectivity index (χ3v) is 12.1. The Hall–Kier alpha value is -2.51. The van der Waals surface area contributed by atoms with Gasteiger partial charge < -0.3 is 0 Å². The van der Waals surface area contributed by atoms with Gasteiger partial charge in [0.05, 0.1) is 0 Å². The van der Waals surface area contributed by atoms with Crippen molar-refractivity contribution in [1.82, 2.24) is 0 Å². The zero-order valence-corrected chi connectivity index (χ0v) is 36.1. The second-order valence-electron chi connectivity index (χ2n) is 17.3. The van der Waals surface area contributed by atoms with Crippen LogP contribution < -0.4 is 9.83 Å². The minimum atomic E-state index is -6.03. The van der Waals surface area contributed by atoms with Crippen molar-refractivity contribution in [1.29, 1.82) is 0 Å². The molecule has 8 nitrogen and oxygen atoms in total. The summed E-state index contributed by atoms with van der Waals surface area (Å²) < 4.78 is 17.4. The second kappa shape index (κ2) is 19.9. The Balaban J connectivity index is 2.38. The van der Waals surface area contributed by atoms with E-state index in [-0.39, 0.29) is 35.8 Å². The van der Waals surface area contributed by atoms with Crippen molar-refractivity contribution < 1.29 is 38.3 Å². The monoisotopic (exact) mass is 761 g/mol. The molecule has 2 aromatic carbocycles. The molecule has 2 rings (SSSR count). The number of carbonyl (C=O) groups is 2. The molecule has 0 spiro atoms. The van der Waals surface area contributed by atoms with Crippen molar-refractivity contribution in [3.8, 4) is 5.75 Å². The number of hydrogen-bond donors (Lipinski definition) is 3. The van der Waals surface area contributed by atoms with Gasteiger partial charge in [-0.25, -0.2) is 0 Å². The molecule has 0 aliphatic heterocycles. The van der Waals surface area contributed by atoms with Crippen LogP contribution in [0.3, 0.4) is 0 Å². The van der Waals surface area contributed by atoms with Crippen LogP contribution in [0.2, 0.25) is 0 Å². The molecule has 0 aliphatic rings. The van der Waals surface area contributed by atoms with Gasteiger partial charge in [0.25, 0.3) is 0 Å². The molecule has 2 aromatic rings. The zero-order valence-electron chi connectivity index (χ0n) is 35.2. The van der Waals surface area contributed by atoms with E-state index >= 15 is 0 Å². The Morgan fingerprint density at radius 1 is 0.660 bits per heavy atom. The SMILES string of the molecule is CCCCC(CC)COC(=O)CCc1cc(C)c(OP(O)(O)(O)c2c(C)cc(CCC(=O)OCC(CC)CCCC)cc2C(C)(C)C)c(C(C)(C)C)c1. The summed E-state index contributed by atoms with van der Waals surface area (Å²) in [6.45, 7) is 24.8. The number of hydrogen-bond acceptors (Lipinski definition) is 8. The summed E-state index contributed by atoms with van der Waals surface area (Å²) in [5.41, 5.74) is 2.90. The van der Waals surface area contributed by atoms with Gasteiger partial charge >= 0.3 is 282 Å². The summed E-state index contributed by atoms with van der Waals surface area (Å²) in [7, 11) is -6.03. The predicted molar refractivity (Wildman–Crippen MR) is 219 cm³/mol. The zero-order chi connectivity index (χ0) is 40.2. The fourth-order valence-corrected chi connectivity index (χ4v) is 9.00. The maximum absolute atomic E-state index is 12.7. The average molecular weight is 761 g/mol. The molecule has 2 atom stereocenters. The number of ether oxygens (including phenoxy) is 2. The van der Waals surface area contributed by atoms with Gasteiger partial charge in [-0.1, -0.05) is 40.0 Å². The molecule has 0 aliphatic carbocycles. The maximum atomic E-state index is 12.7. The molecule has 3 N–H and O–H groups in total. The first-order valence-electron chi connectivity index (χ1n) is 20.1. The molecule has 302 valence electrons. The first kappa shape index (κ1) is 46.6. The van der Waals surface area contributed by atoms with Gasteiger partial charge in [-0.05, 0) is 0 Å². The quantitative estimate of drug-likeness (QED) is 0.0849. The summed E-state index contributed by atoms with van der Waals surface area (Å²) in [5.74, 6) is 0.441.